The summed E-state index contributed by atoms with van der Waals surface area (Å²) in [6, 6.07) is 3.91. The summed E-state index contributed by atoms with van der Waals surface area (Å²) in [5.74, 6) is 0.903. The molecular formula is C14H15F2N3O. The summed E-state index contributed by atoms with van der Waals surface area (Å²) in [6.45, 7) is 0. The van der Waals surface area contributed by atoms with Gasteiger partial charge in [-0.3, -0.25) is 4.98 Å². The van der Waals surface area contributed by atoms with Gasteiger partial charge in [0.25, 0.3) is 0 Å². The fourth-order valence-electron chi connectivity index (χ4n) is 2.63. The Kier molecular flexibility index (Phi) is 3.46. The van der Waals surface area contributed by atoms with E-state index >= 15 is 0 Å². The first-order chi connectivity index (χ1) is 9.71. The Balaban J connectivity index is 1.84. The number of hydrogen-bond acceptors (Lipinski definition) is 4. The number of nitrogens with zero attached hydrogens (tertiary/aromatic N) is 3. The molecule has 2 aromatic heterocycles. The second-order valence-corrected chi connectivity index (χ2v) is 5.11. The summed E-state index contributed by atoms with van der Waals surface area (Å²) in [5, 5.41) is 4.01. The average Bonchev–Trinajstić information content (AvgIpc) is 2.85. The van der Waals surface area contributed by atoms with Crippen molar-refractivity contribution in [3.8, 4) is 0 Å². The number of aromatic nitrogens is 3. The summed E-state index contributed by atoms with van der Waals surface area (Å²) in [6.07, 6.45) is 4.02. The molecule has 4 nitrogen and oxygen atoms in total. The number of pyridine rings is 1. The highest BCUT2D eigenvalue weighted by Crippen LogP contribution is 2.47. The molecule has 0 atom stereocenters. The van der Waals surface area contributed by atoms with E-state index in [1.807, 2.05) is 12.1 Å². The van der Waals surface area contributed by atoms with E-state index in [0.717, 1.165) is 24.8 Å². The fraction of sp³-hybridized carbons (Fsp3) is 0.500. The van der Waals surface area contributed by atoms with Gasteiger partial charge in [0, 0.05) is 25.2 Å². The lowest BCUT2D eigenvalue weighted by Crippen LogP contribution is -2.36. The van der Waals surface area contributed by atoms with Crippen LogP contribution in [0.5, 0.6) is 0 Å². The maximum Gasteiger partial charge on any atom is 0.239 e. The van der Waals surface area contributed by atoms with Crippen LogP contribution in [0.15, 0.2) is 29.0 Å². The molecule has 3 rings (SSSR count). The molecule has 1 saturated carbocycles. The highest BCUT2D eigenvalue weighted by atomic mass is 19.3. The van der Waals surface area contributed by atoms with Crippen LogP contribution in [0, 0.1) is 0 Å². The zero-order valence-electron chi connectivity index (χ0n) is 10.9. The van der Waals surface area contributed by atoms with Gasteiger partial charge in [-0.2, -0.15) is 4.98 Å². The van der Waals surface area contributed by atoms with Crippen molar-refractivity contribution in [1.29, 1.82) is 0 Å². The highest BCUT2D eigenvalue weighted by molar-refractivity contribution is 5.33. The minimum atomic E-state index is -2.34. The van der Waals surface area contributed by atoms with Gasteiger partial charge in [0.15, 0.2) is 5.82 Å². The van der Waals surface area contributed by atoms with Gasteiger partial charge >= 0.3 is 0 Å². The van der Waals surface area contributed by atoms with Gasteiger partial charge in [-0.15, -0.1) is 0 Å². The molecule has 1 fully saturated rings. The second kappa shape index (κ2) is 5.26. The standard InChI is InChI=1S/C14H15F2N3O/c15-11(16)2-3-12-18-13(19-20-12)14(6-1-7-14)10-4-8-17-9-5-10/h4-5,8-9,11H,1-3,6-7H2. The third-order valence-corrected chi connectivity index (χ3v) is 3.91. The maximum absolute atomic E-state index is 12.2. The molecule has 0 amide bonds. The van der Waals surface area contributed by atoms with Crippen molar-refractivity contribution in [3.05, 3.63) is 41.8 Å². The Hall–Kier alpha value is -1.85. The lowest BCUT2D eigenvalue weighted by atomic mass is 9.64. The highest BCUT2D eigenvalue weighted by Gasteiger charge is 2.44. The van der Waals surface area contributed by atoms with Crippen molar-refractivity contribution < 1.29 is 13.3 Å². The van der Waals surface area contributed by atoms with Crippen LogP contribution in [0.1, 0.15) is 43.0 Å². The van der Waals surface area contributed by atoms with Gasteiger partial charge in [0.05, 0.1) is 5.41 Å². The van der Waals surface area contributed by atoms with E-state index in [2.05, 4.69) is 15.1 Å². The third-order valence-electron chi connectivity index (χ3n) is 3.91. The second-order valence-electron chi connectivity index (χ2n) is 5.11. The number of aryl methyl sites for hydroxylation is 1. The van der Waals surface area contributed by atoms with Crippen molar-refractivity contribution in [2.24, 2.45) is 0 Å². The third kappa shape index (κ3) is 2.30. The molecule has 0 unspecified atom stereocenters. The van der Waals surface area contributed by atoms with Crippen LogP contribution < -0.4 is 0 Å². The SMILES string of the molecule is FC(F)CCc1nc(C2(c3ccncc3)CCC2)no1. The summed E-state index contributed by atoms with van der Waals surface area (Å²) in [4.78, 5) is 8.34. The van der Waals surface area contributed by atoms with Gasteiger partial charge in [-0.1, -0.05) is 11.6 Å². The number of hydrogen-bond donors (Lipinski definition) is 0. The minimum Gasteiger partial charge on any atom is -0.339 e. The Morgan fingerprint density at radius 3 is 2.60 bits per heavy atom. The molecule has 1 aliphatic carbocycles. The lowest BCUT2D eigenvalue weighted by molar-refractivity contribution is 0.134. The van der Waals surface area contributed by atoms with E-state index in [1.165, 1.54) is 0 Å². The van der Waals surface area contributed by atoms with Gasteiger partial charge < -0.3 is 4.52 Å². The van der Waals surface area contributed by atoms with Gasteiger partial charge in [0.2, 0.25) is 12.3 Å². The first kappa shape index (κ1) is 13.1. The quantitative estimate of drug-likeness (QED) is 0.843. The number of rotatable bonds is 5. The van der Waals surface area contributed by atoms with Crippen LogP contribution >= 0.6 is 0 Å². The average molecular weight is 279 g/mol. The van der Waals surface area contributed by atoms with E-state index in [-0.39, 0.29) is 18.3 Å². The Morgan fingerprint density at radius 2 is 2.00 bits per heavy atom. The first-order valence-corrected chi connectivity index (χ1v) is 6.72. The predicted octanol–water partition coefficient (Wildman–Crippen LogP) is 3.13. The smallest absolute Gasteiger partial charge is 0.239 e. The van der Waals surface area contributed by atoms with Crippen LogP contribution in [0.2, 0.25) is 0 Å². The summed E-state index contributed by atoms with van der Waals surface area (Å²) >= 11 is 0. The zero-order chi connectivity index (χ0) is 14.0. The number of alkyl halides is 2. The van der Waals surface area contributed by atoms with Crippen molar-refractivity contribution in [2.75, 3.05) is 0 Å². The molecule has 0 saturated heterocycles. The summed E-state index contributed by atoms with van der Waals surface area (Å²) in [5.41, 5.74) is 0.884. The van der Waals surface area contributed by atoms with Crippen LogP contribution in [-0.4, -0.2) is 21.6 Å². The fourth-order valence-corrected chi connectivity index (χ4v) is 2.63. The Bertz CT molecular complexity index is 567. The zero-order valence-corrected chi connectivity index (χ0v) is 10.9. The molecular weight excluding hydrogens is 264 g/mol. The molecule has 0 aromatic carbocycles. The van der Waals surface area contributed by atoms with E-state index in [9.17, 15) is 8.78 Å². The molecule has 106 valence electrons. The predicted molar refractivity (Wildman–Crippen MR) is 67.5 cm³/mol. The molecule has 1 aliphatic rings. The van der Waals surface area contributed by atoms with E-state index in [1.54, 1.807) is 12.4 Å². The molecule has 20 heavy (non-hydrogen) atoms. The topological polar surface area (TPSA) is 51.8 Å². The van der Waals surface area contributed by atoms with Crippen LogP contribution in [0.3, 0.4) is 0 Å². The van der Waals surface area contributed by atoms with Crippen molar-refractivity contribution in [2.45, 2.75) is 43.9 Å². The molecule has 6 heteroatoms. The van der Waals surface area contributed by atoms with E-state index in [0.29, 0.717) is 11.7 Å². The van der Waals surface area contributed by atoms with E-state index < -0.39 is 6.43 Å². The normalized spacial score (nSPS) is 17.1. The maximum atomic E-state index is 12.2. The lowest BCUT2D eigenvalue weighted by Gasteiger charge is -2.39. The van der Waals surface area contributed by atoms with Gasteiger partial charge in [-0.05, 0) is 30.5 Å². The monoisotopic (exact) mass is 279 g/mol. The van der Waals surface area contributed by atoms with Gasteiger partial charge in [-0.25, -0.2) is 8.78 Å². The molecule has 0 spiro atoms. The number of halogens is 2. The van der Waals surface area contributed by atoms with Gasteiger partial charge in [0.1, 0.15) is 0 Å². The van der Waals surface area contributed by atoms with Crippen molar-refractivity contribution in [1.82, 2.24) is 15.1 Å². The molecule has 0 bridgehead atoms. The Labute approximate surface area is 115 Å². The molecule has 0 radical (unpaired) electrons. The van der Waals surface area contributed by atoms with Crippen LogP contribution in [0.4, 0.5) is 8.78 Å². The molecule has 0 aliphatic heterocycles. The Morgan fingerprint density at radius 1 is 1.25 bits per heavy atom. The van der Waals surface area contributed by atoms with Crippen LogP contribution in [-0.2, 0) is 11.8 Å². The minimum absolute atomic E-state index is 0.122. The molecule has 2 heterocycles. The summed E-state index contributed by atoms with van der Waals surface area (Å²) in [7, 11) is 0. The molecule has 2 aromatic rings. The first-order valence-electron chi connectivity index (χ1n) is 6.72. The van der Waals surface area contributed by atoms with Crippen molar-refractivity contribution in [3.63, 3.8) is 0 Å². The van der Waals surface area contributed by atoms with Crippen molar-refractivity contribution >= 4 is 0 Å². The largest absolute Gasteiger partial charge is 0.339 e. The molecule has 0 N–H and O–H groups in total. The van der Waals surface area contributed by atoms with Crippen LogP contribution in [0.25, 0.3) is 0 Å². The van der Waals surface area contributed by atoms with E-state index in [4.69, 9.17) is 4.52 Å². The summed E-state index contributed by atoms with van der Waals surface area (Å²) < 4.78 is 29.5.